The maximum Gasteiger partial charge on any atom is 0.225 e. The molecule has 148 valence electrons. The SMILES string of the molecule is COc1ccccc1-c1ccc(C(C)N(C)C(=O)CC(CN)OC)cc1.Cl. The summed E-state index contributed by atoms with van der Waals surface area (Å²) in [6, 6.07) is 16.1. The van der Waals surface area contributed by atoms with Crippen LogP contribution in [0.25, 0.3) is 11.1 Å². The summed E-state index contributed by atoms with van der Waals surface area (Å²) in [6.07, 6.45) is 0.0396. The molecule has 0 aromatic heterocycles. The maximum atomic E-state index is 12.4. The van der Waals surface area contributed by atoms with Gasteiger partial charge in [-0.05, 0) is 24.1 Å². The number of para-hydroxylation sites is 1. The van der Waals surface area contributed by atoms with E-state index >= 15 is 0 Å². The van der Waals surface area contributed by atoms with Crippen molar-refractivity contribution in [3.05, 3.63) is 54.1 Å². The van der Waals surface area contributed by atoms with Gasteiger partial charge in [-0.15, -0.1) is 12.4 Å². The fourth-order valence-corrected chi connectivity index (χ4v) is 2.87. The summed E-state index contributed by atoms with van der Waals surface area (Å²) < 4.78 is 10.6. The number of benzene rings is 2. The van der Waals surface area contributed by atoms with Crippen molar-refractivity contribution >= 4 is 18.3 Å². The molecule has 1 amide bonds. The first-order valence-electron chi connectivity index (χ1n) is 8.73. The second kappa shape index (κ2) is 10.9. The molecule has 0 aliphatic rings. The van der Waals surface area contributed by atoms with E-state index in [1.54, 1.807) is 19.1 Å². The van der Waals surface area contributed by atoms with E-state index in [1.165, 1.54) is 0 Å². The Morgan fingerprint density at radius 1 is 1.11 bits per heavy atom. The van der Waals surface area contributed by atoms with Gasteiger partial charge in [-0.25, -0.2) is 0 Å². The molecule has 0 fully saturated rings. The van der Waals surface area contributed by atoms with Gasteiger partial charge in [0.25, 0.3) is 0 Å². The zero-order valence-corrected chi connectivity index (χ0v) is 17.2. The number of nitrogens with zero attached hydrogens (tertiary/aromatic N) is 1. The minimum atomic E-state index is -0.245. The van der Waals surface area contributed by atoms with E-state index < -0.39 is 0 Å². The van der Waals surface area contributed by atoms with Crippen LogP contribution in [0.4, 0.5) is 0 Å². The van der Waals surface area contributed by atoms with Gasteiger partial charge >= 0.3 is 0 Å². The normalized spacial score (nSPS) is 12.6. The number of hydrogen-bond donors (Lipinski definition) is 1. The fraction of sp³-hybridized carbons (Fsp3) is 0.381. The van der Waals surface area contributed by atoms with E-state index in [0.29, 0.717) is 6.54 Å². The number of halogens is 1. The van der Waals surface area contributed by atoms with Crippen LogP contribution < -0.4 is 10.5 Å². The third-order valence-corrected chi connectivity index (χ3v) is 4.78. The van der Waals surface area contributed by atoms with Gasteiger partial charge in [0.1, 0.15) is 5.75 Å². The van der Waals surface area contributed by atoms with Crippen molar-refractivity contribution in [3.63, 3.8) is 0 Å². The fourth-order valence-electron chi connectivity index (χ4n) is 2.87. The molecule has 0 radical (unpaired) electrons. The Bertz CT molecular complexity index is 718. The molecule has 2 atom stereocenters. The van der Waals surface area contributed by atoms with Crippen molar-refractivity contribution in [1.82, 2.24) is 4.90 Å². The molecule has 27 heavy (non-hydrogen) atoms. The number of nitrogens with two attached hydrogens (primary N) is 1. The van der Waals surface area contributed by atoms with Crippen molar-refractivity contribution in [1.29, 1.82) is 0 Å². The average molecular weight is 393 g/mol. The lowest BCUT2D eigenvalue weighted by molar-refractivity contribution is -0.134. The highest BCUT2D eigenvalue weighted by Gasteiger charge is 2.20. The molecule has 0 spiro atoms. The van der Waals surface area contributed by atoms with Gasteiger partial charge in [0.05, 0.1) is 25.7 Å². The van der Waals surface area contributed by atoms with Gasteiger partial charge in [-0.3, -0.25) is 4.79 Å². The Morgan fingerprint density at radius 2 is 1.74 bits per heavy atom. The molecule has 2 N–H and O–H groups in total. The van der Waals surface area contributed by atoms with E-state index in [0.717, 1.165) is 22.4 Å². The zero-order chi connectivity index (χ0) is 19.1. The predicted octanol–water partition coefficient (Wildman–Crippen LogP) is 3.67. The lowest BCUT2D eigenvalue weighted by Crippen LogP contribution is -2.35. The number of hydrogen-bond acceptors (Lipinski definition) is 4. The van der Waals surface area contributed by atoms with Gasteiger partial charge < -0.3 is 20.1 Å². The molecule has 0 bridgehead atoms. The van der Waals surface area contributed by atoms with Crippen LogP contribution in [0.1, 0.15) is 24.9 Å². The van der Waals surface area contributed by atoms with E-state index in [9.17, 15) is 4.79 Å². The van der Waals surface area contributed by atoms with Gasteiger partial charge in [-0.2, -0.15) is 0 Å². The highest BCUT2D eigenvalue weighted by Crippen LogP contribution is 2.31. The summed E-state index contributed by atoms with van der Waals surface area (Å²) in [6.45, 7) is 2.35. The Kier molecular flexibility index (Phi) is 9.29. The molecule has 0 aliphatic heterocycles. The van der Waals surface area contributed by atoms with Crippen LogP contribution in [0.5, 0.6) is 5.75 Å². The molecule has 2 aromatic rings. The van der Waals surface area contributed by atoms with Crippen LogP contribution in [0.3, 0.4) is 0 Å². The van der Waals surface area contributed by atoms with Gasteiger partial charge in [0, 0.05) is 26.3 Å². The maximum absolute atomic E-state index is 12.4. The van der Waals surface area contributed by atoms with Crippen molar-refractivity contribution in [2.75, 3.05) is 27.8 Å². The van der Waals surface area contributed by atoms with E-state index in [4.69, 9.17) is 15.2 Å². The second-order valence-electron chi connectivity index (χ2n) is 6.30. The van der Waals surface area contributed by atoms with Crippen LogP contribution in [0, 0.1) is 0 Å². The summed E-state index contributed by atoms with van der Waals surface area (Å²) in [5.41, 5.74) is 8.80. The topological polar surface area (TPSA) is 64.8 Å². The number of carbonyl (C=O) groups excluding carboxylic acids is 1. The molecular weight excluding hydrogens is 364 g/mol. The summed E-state index contributed by atoms with van der Waals surface area (Å²) >= 11 is 0. The smallest absolute Gasteiger partial charge is 0.225 e. The Balaban J connectivity index is 0.00000364. The first kappa shape index (κ1) is 23.0. The summed E-state index contributed by atoms with van der Waals surface area (Å²) in [7, 11) is 5.06. The third kappa shape index (κ3) is 5.70. The Hall–Kier alpha value is -2.08. The molecule has 2 rings (SSSR count). The quantitative estimate of drug-likeness (QED) is 0.744. The van der Waals surface area contributed by atoms with Gasteiger partial charge in [-0.1, -0.05) is 42.5 Å². The van der Waals surface area contributed by atoms with Crippen LogP contribution in [-0.2, 0) is 9.53 Å². The lowest BCUT2D eigenvalue weighted by atomic mass is 10.00. The predicted molar refractivity (Wildman–Crippen MR) is 111 cm³/mol. The van der Waals surface area contributed by atoms with Crippen LogP contribution >= 0.6 is 12.4 Å². The highest BCUT2D eigenvalue weighted by molar-refractivity contribution is 5.85. The molecule has 5 nitrogen and oxygen atoms in total. The second-order valence-corrected chi connectivity index (χ2v) is 6.30. The number of amides is 1. The summed E-state index contributed by atoms with van der Waals surface area (Å²) in [5.74, 6) is 0.858. The monoisotopic (exact) mass is 392 g/mol. The molecule has 0 saturated heterocycles. The molecule has 6 heteroatoms. The van der Waals surface area contributed by atoms with Crippen molar-refractivity contribution in [3.8, 4) is 16.9 Å². The summed E-state index contributed by atoms with van der Waals surface area (Å²) in [4.78, 5) is 14.2. The molecule has 2 aromatic carbocycles. The number of carbonyl (C=O) groups is 1. The van der Waals surface area contributed by atoms with Crippen LogP contribution in [0.2, 0.25) is 0 Å². The van der Waals surface area contributed by atoms with E-state index in [-0.39, 0.29) is 36.9 Å². The number of rotatable bonds is 8. The van der Waals surface area contributed by atoms with Crippen molar-refractivity contribution < 1.29 is 14.3 Å². The minimum Gasteiger partial charge on any atom is -0.496 e. The van der Waals surface area contributed by atoms with Crippen LogP contribution in [0.15, 0.2) is 48.5 Å². The zero-order valence-electron chi connectivity index (χ0n) is 16.3. The lowest BCUT2D eigenvalue weighted by Gasteiger charge is -2.27. The first-order valence-corrected chi connectivity index (χ1v) is 8.73. The van der Waals surface area contributed by atoms with E-state index in [1.807, 2.05) is 50.4 Å². The molecular formula is C21H29ClN2O3. The third-order valence-electron chi connectivity index (χ3n) is 4.78. The number of ether oxygens (including phenoxy) is 2. The summed E-state index contributed by atoms with van der Waals surface area (Å²) in [5, 5.41) is 0. The first-order chi connectivity index (χ1) is 12.5. The standard InChI is InChI=1S/C21H28N2O3.ClH/c1-15(23(2)21(24)13-18(14-22)25-3)16-9-11-17(12-10-16)19-7-5-6-8-20(19)26-4;/h5-12,15,18H,13-14,22H2,1-4H3;1H. The van der Waals surface area contributed by atoms with Crippen molar-refractivity contribution in [2.45, 2.75) is 25.5 Å². The molecule has 0 aliphatic carbocycles. The van der Waals surface area contributed by atoms with Crippen molar-refractivity contribution in [2.24, 2.45) is 5.73 Å². The van der Waals surface area contributed by atoms with E-state index in [2.05, 4.69) is 12.1 Å². The Morgan fingerprint density at radius 3 is 2.30 bits per heavy atom. The van der Waals surface area contributed by atoms with Gasteiger partial charge in [0.15, 0.2) is 0 Å². The number of methoxy groups -OCH3 is 2. The Labute approximate surface area is 167 Å². The average Bonchev–Trinajstić information content (AvgIpc) is 2.70. The van der Waals surface area contributed by atoms with Crippen LogP contribution in [-0.4, -0.2) is 44.7 Å². The molecule has 0 heterocycles. The molecule has 0 saturated carbocycles. The minimum absolute atomic E-state index is 0. The van der Waals surface area contributed by atoms with Gasteiger partial charge in [0.2, 0.25) is 5.91 Å². The highest BCUT2D eigenvalue weighted by atomic mass is 35.5. The largest absolute Gasteiger partial charge is 0.496 e. The molecule has 2 unspecified atom stereocenters.